The summed E-state index contributed by atoms with van der Waals surface area (Å²) in [6, 6.07) is 13.7. The molecule has 2 aromatic carbocycles. The maximum Gasteiger partial charge on any atom is 0.417 e. The van der Waals surface area contributed by atoms with Crippen LogP contribution >= 0.6 is 0 Å². The first kappa shape index (κ1) is 21.3. The third-order valence-corrected chi connectivity index (χ3v) is 5.09. The number of aromatic nitrogens is 1. The second kappa shape index (κ2) is 8.15. The molecule has 0 aliphatic heterocycles. The lowest BCUT2D eigenvalue weighted by atomic mass is 10.2. The summed E-state index contributed by atoms with van der Waals surface area (Å²) < 4.78 is 66.7. The van der Waals surface area contributed by atoms with Crippen LogP contribution in [0.1, 0.15) is 15.9 Å². The summed E-state index contributed by atoms with van der Waals surface area (Å²) in [4.78, 5) is 16.0. The minimum absolute atomic E-state index is 0.00770. The Morgan fingerprint density at radius 1 is 1.00 bits per heavy atom. The van der Waals surface area contributed by atoms with E-state index in [-0.39, 0.29) is 27.8 Å². The Morgan fingerprint density at radius 3 is 2.23 bits per heavy atom. The van der Waals surface area contributed by atoms with Crippen molar-refractivity contribution in [2.75, 3.05) is 11.6 Å². The van der Waals surface area contributed by atoms with Gasteiger partial charge >= 0.3 is 6.18 Å². The van der Waals surface area contributed by atoms with Gasteiger partial charge in [0.25, 0.3) is 5.91 Å². The van der Waals surface area contributed by atoms with Gasteiger partial charge < -0.3 is 10.1 Å². The van der Waals surface area contributed by atoms with E-state index in [9.17, 15) is 26.4 Å². The molecule has 0 spiro atoms. The van der Waals surface area contributed by atoms with Crippen LogP contribution in [0.4, 0.5) is 18.9 Å². The van der Waals surface area contributed by atoms with Crippen LogP contribution in [0.2, 0.25) is 0 Å². The molecule has 0 saturated carbocycles. The Morgan fingerprint density at radius 2 is 1.67 bits per heavy atom. The lowest BCUT2D eigenvalue weighted by molar-refractivity contribution is -0.137. The standard InChI is InChI=1S/C20H15F3N2O4S/c1-30(27,28)17-5-3-2-4-16(17)25-19(26)13-6-9-15(10-7-13)29-18-11-8-14(12-24-18)20(21,22)23/h2-12H,1H3,(H,25,26). The molecule has 0 radical (unpaired) electrons. The van der Waals surface area contributed by atoms with Gasteiger partial charge in [-0.3, -0.25) is 4.79 Å². The first-order valence-electron chi connectivity index (χ1n) is 8.45. The van der Waals surface area contributed by atoms with Crippen LogP contribution in [0.15, 0.2) is 71.8 Å². The summed E-state index contributed by atoms with van der Waals surface area (Å²) in [7, 11) is -3.53. The molecule has 0 saturated heterocycles. The number of pyridine rings is 1. The number of ether oxygens (including phenoxy) is 1. The van der Waals surface area contributed by atoms with Gasteiger partial charge in [0, 0.05) is 24.1 Å². The van der Waals surface area contributed by atoms with Crippen molar-refractivity contribution in [3.63, 3.8) is 0 Å². The number of carbonyl (C=O) groups is 1. The quantitative estimate of drug-likeness (QED) is 0.634. The number of hydrogen-bond donors (Lipinski definition) is 1. The zero-order valence-electron chi connectivity index (χ0n) is 15.5. The van der Waals surface area contributed by atoms with Crippen molar-refractivity contribution in [3.05, 3.63) is 78.0 Å². The van der Waals surface area contributed by atoms with E-state index in [0.717, 1.165) is 18.4 Å². The molecule has 1 heterocycles. The largest absolute Gasteiger partial charge is 0.439 e. The third kappa shape index (κ3) is 5.15. The lowest BCUT2D eigenvalue weighted by Gasteiger charge is -2.10. The average Bonchev–Trinajstić information content (AvgIpc) is 2.68. The third-order valence-electron chi connectivity index (χ3n) is 3.94. The van der Waals surface area contributed by atoms with Gasteiger partial charge in [-0.2, -0.15) is 13.2 Å². The molecule has 0 fully saturated rings. The molecule has 0 atom stereocenters. The summed E-state index contributed by atoms with van der Waals surface area (Å²) in [6.45, 7) is 0. The van der Waals surface area contributed by atoms with Gasteiger partial charge in [0.2, 0.25) is 5.88 Å². The molecule has 1 aromatic heterocycles. The highest BCUT2D eigenvalue weighted by Crippen LogP contribution is 2.30. The minimum atomic E-state index is -4.49. The van der Waals surface area contributed by atoms with E-state index < -0.39 is 27.5 Å². The second-order valence-electron chi connectivity index (χ2n) is 6.23. The molecule has 0 unspecified atom stereocenters. The van der Waals surface area contributed by atoms with Crippen molar-refractivity contribution in [3.8, 4) is 11.6 Å². The Labute approximate surface area is 170 Å². The number of rotatable bonds is 5. The number of para-hydroxylation sites is 1. The second-order valence-corrected chi connectivity index (χ2v) is 8.22. The maximum absolute atomic E-state index is 12.6. The molecule has 30 heavy (non-hydrogen) atoms. The van der Waals surface area contributed by atoms with Crippen LogP contribution in [-0.2, 0) is 16.0 Å². The first-order valence-corrected chi connectivity index (χ1v) is 10.3. The molecule has 0 bridgehead atoms. The van der Waals surface area contributed by atoms with Crippen molar-refractivity contribution in [2.45, 2.75) is 11.1 Å². The number of nitrogens with one attached hydrogen (secondary N) is 1. The van der Waals surface area contributed by atoms with Crippen LogP contribution in [0.3, 0.4) is 0 Å². The summed E-state index contributed by atoms with van der Waals surface area (Å²) in [5, 5.41) is 2.55. The first-order chi connectivity index (χ1) is 14.0. The Kier molecular flexibility index (Phi) is 5.79. The van der Waals surface area contributed by atoms with Crippen molar-refractivity contribution < 1.29 is 31.1 Å². The van der Waals surface area contributed by atoms with Gasteiger partial charge in [0.1, 0.15) is 5.75 Å². The Balaban J connectivity index is 1.71. The van der Waals surface area contributed by atoms with Crippen LogP contribution in [0.25, 0.3) is 0 Å². The number of carbonyl (C=O) groups excluding carboxylic acids is 1. The maximum atomic E-state index is 12.6. The number of benzene rings is 2. The molecule has 156 valence electrons. The zero-order chi connectivity index (χ0) is 21.9. The van der Waals surface area contributed by atoms with Crippen molar-refractivity contribution in [2.24, 2.45) is 0 Å². The van der Waals surface area contributed by atoms with E-state index in [1.165, 1.54) is 36.4 Å². The molecule has 6 nitrogen and oxygen atoms in total. The average molecular weight is 436 g/mol. The van der Waals surface area contributed by atoms with Gasteiger partial charge in [-0.25, -0.2) is 13.4 Å². The highest BCUT2D eigenvalue weighted by atomic mass is 32.2. The predicted molar refractivity (Wildman–Crippen MR) is 103 cm³/mol. The molecule has 1 N–H and O–H groups in total. The van der Waals surface area contributed by atoms with Gasteiger partial charge in [-0.1, -0.05) is 12.1 Å². The number of alkyl halides is 3. The fourth-order valence-electron chi connectivity index (χ4n) is 2.49. The number of anilines is 1. The fraction of sp³-hybridized carbons (Fsp3) is 0.100. The number of hydrogen-bond acceptors (Lipinski definition) is 5. The van der Waals surface area contributed by atoms with E-state index in [2.05, 4.69) is 10.3 Å². The summed E-state index contributed by atoms with van der Waals surface area (Å²) >= 11 is 0. The van der Waals surface area contributed by atoms with E-state index >= 15 is 0 Å². The van der Waals surface area contributed by atoms with Gasteiger partial charge in [0.05, 0.1) is 16.1 Å². The Hall–Kier alpha value is -3.40. The van der Waals surface area contributed by atoms with Crippen LogP contribution in [-0.4, -0.2) is 25.6 Å². The van der Waals surface area contributed by atoms with Crippen molar-refractivity contribution in [1.29, 1.82) is 0 Å². The smallest absolute Gasteiger partial charge is 0.417 e. The molecule has 0 aliphatic carbocycles. The molecular weight excluding hydrogens is 421 g/mol. The highest BCUT2D eigenvalue weighted by Gasteiger charge is 2.30. The fourth-order valence-corrected chi connectivity index (χ4v) is 3.34. The van der Waals surface area contributed by atoms with Crippen LogP contribution < -0.4 is 10.1 Å². The van der Waals surface area contributed by atoms with E-state index in [1.54, 1.807) is 12.1 Å². The summed E-state index contributed by atoms with van der Waals surface area (Å²) in [5.74, 6) is -0.317. The summed E-state index contributed by atoms with van der Waals surface area (Å²) in [6.07, 6.45) is -2.79. The predicted octanol–water partition coefficient (Wildman–Crippen LogP) is 4.55. The van der Waals surface area contributed by atoms with E-state index in [0.29, 0.717) is 6.20 Å². The molecule has 0 aliphatic rings. The lowest BCUT2D eigenvalue weighted by Crippen LogP contribution is -2.14. The minimum Gasteiger partial charge on any atom is -0.439 e. The van der Waals surface area contributed by atoms with E-state index in [1.807, 2.05) is 0 Å². The Bertz CT molecular complexity index is 1160. The molecular formula is C20H15F3N2O4S. The normalized spacial score (nSPS) is 11.7. The topological polar surface area (TPSA) is 85.4 Å². The van der Waals surface area contributed by atoms with Gasteiger partial charge in [-0.15, -0.1) is 0 Å². The molecule has 3 aromatic rings. The molecule has 1 amide bonds. The number of halogens is 3. The van der Waals surface area contributed by atoms with Crippen LogP contribution in [0, 0.1) is 0 Å². The van der Waals surface area contributed by atoms with Crippen LogP contribution in [0.5, 0.6) is 11.6 Å². The molecule has 10 heteroatoms. The number of nitrogens with zero attached hydrogens (tertiary/aromatic N) is 1. The van der Waals surface area contributed by atoms with Gasteiger partial charge in [0.15, 0.2) is 9.84 Å². The van der Waals surface area contributed by atoms with Gasteiger partial charge in [-0.05, 0) is 42.5 Å². The number of sulfone groups is 1. The van der Waals surface area contributed by atoms with Crippen molar-refractivity contribution >= 4 is 21.4 Å². The highest BCUT2D eigenvalue weighted by molar-refractivity contribution is 7.90. The SMILES string of the molecule is CS(=O)(=O)c1ccccc1NC(=O)c1ccc(Oc2ccc(C(F)(F)F)cn2)cc1. The summed E-state index contributed by atoms with van der Waals surface area (Å²) in [5.41, 5.74) is -0.512. The monoisotopic (exact) mass is 436 g/mol. The molecule has 3 rings (SSSR count). The van der Waals surface area contributed by atoms with E-state index in [4.69, 9.17) is 4.74 Å². The zero-order valence-corrected chi connectivity index (χ0v) is 16.3. The number of amides is 1. The van der Waals surface area contributed by atoms with Crippen molar-refractivity contribution in [1.82, 2.24) is 4.98 Å².